The molecule has 0 spiro atoms. The van der Waals surface area contributed by atoms with Crippen molar-refractivity contribution in [3.63, 3.8) is 0 Å². The molecular weight excluding hydrogens is 576 g/mol. The molecule has 44 heavy (non-hydrogen) atoms. The molecule has 4 aromatic rings. The van der Waals surface area contributed by atoms with Crippen LogP contribution in [-0.4, -0.2) is 52.0 Å². The van der Waals surface area contributed by atoms with E-state index in [0.29, 0.717) is 13.0 Å². The number of hydrogen-bond donors (Lipinski definition) is 2. The summed E-state index contributed by atoms with van der Waals surface area (Å²) < 4.78 is 43.4. The Hall–Kier alpha value is -4.02. The predicted octanol–water partition coefficient (Wildman–Crippen LogP) is 4.72. The van der Waals surface area contributed by atoms with Gasteiger partial charge in [-0.1, -0.05) is 91.0 Å². The van der Waals surface area contributed by atoms with Crippen molar-refractivity contribution in [3.05, 3.63) is 132 Å². The molecule has 3 N–H and O–H groups in total. The highest BCUT2D eigenvalue weighted by molar-refractivity contribution is 7.91. The maximum Gasteiger partial charge on any atom is 0.335 e. The van der Waals surface area contributed by atoms with E-state index >= 15 is 0 Å². The van der Waals surface area contributed by atoms with E-state index in [9.17, 15) is 13.2 Å². The topological polar surface area (TPSA) is 117 Å². The number of nitrogens with one attached hydrogen (secondary N) is 1. The Morgan fingerprint density at radius 1 is 0.818 bits per heavy atom. The van der Waals surface area contributed by atoms with Gasteiger partial charge in [-0.2, -0.15) is 0 Å². The number of benzene rings is 4. The number of nitrogens with two attached hydrogens (primary N) is 1. The zero-order valence-electron chi connectivity index (χ0n) is 24.9. The molecule has 8 nitrogen and oxygen atoms in total. The van der Waals surface area contributed by atoms with Crippen molar-refractivity contribution in [1.82, 2.24) is 5.32 Å². The van der Waals surface area contributed by atoms with Crippen molar-refractivity contribution in [2.75, 3.05) is 19.4 Å². The van der Waals surface area contributed by atoms with E-state index in [2.05, 4.69) is 5.32 Å². The molecule has 232 valence electrons. The summed E-state index contributed by atoms with van der Waals surface area (Å²) in [6, 6.07) is 34.5. The van der Waals surface area contributed by atoms with Gasteiger partial charge in [0.05, 0.1) is 24.4 Å². The van der Waals surface area contributed by atoms with Crippen LogP contribution in [0, 0.1) is 0 Å². The number of ether oxygens (including phenoxy) is 3. The molecule has 0 heterocycles. The van der Waals surface area contributed by atoms with E-state index < -0.39 is 34.1 Å². The number of carbonyl (C=O) groups excluding carboxylic acids is 1. The summed E-state index contributed by atoms with van der Waals surface area (Å²) in [7, 11) is -2.03. The molecule has 0 saturated heterocycles. The second-order valence-corrected chi connectivity index (χ2v) is 12.6. The molecule has 0 bridgehead atoms. The highest BCUT2D eigenvalue weighted by Gasteiger charge is 2.30. The van der Waals surface area contributed by atoms with Crippen LogP contribution in [0.5, 0.6) is 5.75 Å². The number of carbonyl (C=O) groups is 1. The minimum Gasteiger partial charge on any atom is -0.497 e. The summed E-state index contributed by atoms with van der Waals surface area (Å²) >= 11 is 0. The van der Waals surface area contributed by atoms with Gasteiger partial charge in [-0.3, -0.25) is 0 Å². The van der Waals surface area contributed by atoms with Crippen LogP contribution in [0.15, 0.2) is 120 Å². The Kier molecular flexibility index (Phi) is 12.5. The lowest BCUT2D eigenvalue weighted by molar-refractivity contribution is -0.164. The largest absolute Gasteiger partial charge is 0.497 e. The molecule has 0 aliphatic rings. The molecule has 0 aromatic heterocycles. The maximum atomic E-state index is 13.7. The van der Waals surface area contributed by atoms with Crippen molar-refractivity contribution >= 4 is 15.8 Å². The first-order chi connectivity index (χ1) is 21.3. The van der Waals surface area contributed by atoms with Crippen LogP contribution in [0.1, 0.15) is 23.1 Å². The fourth-order valence-electron chi connectivity index (χ4n) is 4.71. The van der Waals surface area contributed by atoms with Gasteiger partial charge < -0.3 is 25.3 Å². The molecule has 0 aliphatic heterocycles. The summed E-state index contributed by atoms with van der Waals surface area (Å²) in [5, 5.41) is 3.35. The van der Waals surface area contributed by atoms with E-state index in [4.69, 9.17) is 19.9 Å². The zero-order valence-corrected chi connectivity index (χ0v) is 25.7. The van der Waals surface area contributed by atoms with Crippen LogP contribution < -0.4 is 15.8 Å². The van der Waals surface area contributed by atoms with Crippen LogP contribution in [0.3, 0.4) is 0 Å². The number of hydrogen-bond acceptors (Lipinski definition) is 8. The molecule has 4 rings (SSSR count). The van der Waals surface area contributed by atoms with Gasteiger partial charge in [0, 0.05) is 19.1 Å². The molecule has 2 unspecified atom stereocenters. The van der Waals surface area contributed by atoms with Crippen molar-refractivity contribution in [3.8, 4) is 5.75 Å². The Labute approximate surface area is 260 Å². The fraction of sp³-hybridized carbons (Fsp3) is 0.286. The molecule has 3 atom stereocenters. The first kappa shape index (κ1) is 32.9. The first-order valence-electron chi connectivity index (χ1n) is 14.6. The summed E-state index contributed by atoms with van der Waals surface area (Å²) in [6.07, 6.45) is -1.40. The van der Waals surface area contributed by atoms with Crippen LogP contribution in [0.2, 0.25) is 0 Å². The summed E-state index contributed by atoms with van der Waals surface area (Å²) in [5.41, 5.74) is 9.50. The molecule has 0 radical (unpaired) electrons. The number of methoxy groups -OCH3 is 1. The summed E-state index contributed by atoms with van der Waals surface area (Å²) in [5.74, 6) is -0.182. The van der Waals surface area contributed by atoms with Crippen LogP contribution in [0.4, 0.5) is 0 Å². The first-order valence-corrected chi connectivity index (χ1v) is 16.3. The third-order valence-electron chi connectivity index (χ3n) is 7.18. The number of sulfone groups is 1. The molecule has 9 heteroatoms. The second-order valence-electron chi connectivity index (χ2n) is 10.5. The molecule has 0 saturated carbocycles. The van der Waals surface area contributed by atoms with E-state index in [1.165, 1.54) is 0 Å². The average molecular weight is 617 g/mol. The number of rotatable bonds is 17. The molecule has 0 aliphatic carbocycles. The summed E-state index contributed by atoms with van der Waals surface area (Å²) in [6.45, 7) is 0.915. The Morgan fingerprint density at radius 3 is 2.09 bits per heavy atom. The van der Waals surface area contributed by atoms with E-state index in [-0.39, 0.29) is 30.2 Å². The van der Waals surface area contributed by atoms with Crippen molar-refractivity contribution < 1.29 is 27.4 Å². The van der Waals surface area contributed by atoms with Gasteiger partial charge in [-0.25, -0.2) is 13.2 Å². The molecule has 0 amide bonds. The maximum absolute atomic E-state index is 13.7. The monoisotopic (exact) mass is 616 g/mol. The second kappa shape index (κ2) is 16.7. The minimum atomic E-state index is -3.64. The third kappa shape index (κ3) is 10.3. The summed E-state index contributed by atoms with van der Waals surface area (Å²) in [4.78, 5) is 13.9. The van der Waals surface area contributed by atoms with Crippen LogP contribution in [-0.2, 0) is 43.7 Å². The van der Waals surface area contributed by atoms with Gasteiger partial charge >= 0.3 is 5.97 Å². The van der Waals surface area contributed by atoms with Gasteiger partial charge in [-0.05, 0) is 53.8 Å². The quantitative estimate of drug-likeness (QED) is 0.164. The van der Waals surface area contributed by atoms with Crippen LogP contribution in [0.25, 0.3) is 0 Å². The lowest BCUT2D eigenvalue weighted by atomic mass is 10.0. The third-order valence-corrected chi connectivity index (χ3v) is 8.94. The zero-order chi connectivity index (χ0) is 31.2. The van der Waals surface area contributed by atoms with Crippen molar-refractivity contribution in [1.29, 1.82) is 0 Å². The lowest BCUT2D eigenvalue weighted by Gasteiger charge is -2.27. The Bertz CT molecular complexity index is 1540. The van der Waals surface area contributed by atoms with Gasteiger partial charge in [0.15, 0.2) is 15.9 Å². The average Bonchev–Trinajstić information content (AvgIpc) is 3.05. The van der Waals surface area contributed by atoms with Gasteiger partial charge in [-0.15, -0.1) is 0 Å². The van der Waals surface area contributed by atoms with Crippen LogP contribution >= 0.6 is 0 Å². The van der Waals surface area contributed by atoms with Gasteiger partial charge in [0.25, 0.3) is 0 Å². The normalized spacial score (nSPS) is 13.5. The van der Waals surface area contributed by atoms with Crippen molar-refractivity contribution in [2.45, 2.75) is 49.1 Å². The molecule has 0 fully saturated rings. The SMILES string of the molecule is COc1cccc(CNCC(OC(=O)[C@H](CCS(=O)(=O)c2ccccc2)OCc2ccccc2)C(N)Cc2ccccc2)c1. The van der Waals surface area contributed by atoms with Gasteiger partial charge in [0.2, 0.25) is 0 Å². The highest BCUT2D eigenvalue weighted by atomic mass is 32.2. The van der Waals surface area contributed by atoms with Crippen molar-refractivity contribution in [2.24, 2.45) is 5.73 Å². The lowest BCUT2D eigenvalue weighted by Crippen LogP contribution is -2.47. The smallest absolute Gasteiger partial charge is 0.335 e. The van der Waals surface area contributed by atoms with Gasteiger partial charge in [0.1, 0.15) is 11.9 Å². The standard InChI is InChI=1S/C35H40N2O6S/c1-41-30-17-11-16-29(22-30)24-37-25-34(32(36)23-27-12-5-2-6-13-27)43-35(38)33(42-26-28-14-7-3-8-15-28)20-21-44(39,40)31-18-9-4-10-19-31/h2-19,22,32-34,37H,20-21,23-26,36H2,1H3/t32?,33-,34?/m0/s1. The van der Waals surface area contributed by atoms with E-state index in [1.807, 2.05) is 84.9 Å². The Balaban J connectivity index is 1.48. The Morgan fingerprint density at radius 2 is 1.43 bits per heavy atom. The number of esters is 1. The molecule has 4 aromatic carbocycles. The molecular formula is C35H40N2O6S. The van der Waals surface area contributed by atoms with E-state index in [0.717, 1.165) is 22.4 Å². The fourth-order valence-corrected chi connectivity index (χ4v) is 6.04. The van der Waals surface area contributed by atoms with E-state index in [1.54, 1.807) is 37.4 Å². The highest BCUT2D eigenvalue weighted by Crippen LogP contribution is 2.17. The predicted molar refractivity (Wildman–Crippen MR) is 171 cm³/mol. The minimum absolute atomic E-state index is 0.0687.